The third kappa shape index (κ3) is 4.18. The van der Waals surface area contributed by atoms with E-state index in [4.69, 9.17) is 5.11 Å². The Bertz CT molecular complexity index is 529. The van der Waals surface area contributed by atoms with Crippen LogP contribution in [0.1, 0.15) is 5.56 Å². The number of hydrogen-bond donors (Lipinski definition) is 1. The van der Waals surface area contributed by atoms with E-state index in [1.807, 2.05) is 0 Å². The minimum atomic E-state index is -5.26. The van der Waals surface area contributed by atoms with Crippen molar-refractivity contribution in [1.29, 1.82) is 0 Å². The van der Waals surface area contributed by atoms with Crippen molar-refractivity contribution in [1.82, 2.24) is 4.90 Å². The number of carboxylic acids is 1. The highest BCUT2D eigenvalue weighted by Gasteiger charge is 2.43. The highest BCUT2D eigenvalue weighted by Crippen LogP contribution is 2.20. The highest BCUT2D eigenvalue weighted by atomic mass is 19.4. The standard InChI is InChI=1S/C11H8F5NO3/c12-7-2-1-6(3-8(7)13)4-17(5-9(18)19)10(20)11(14,15)16/h1-3H,4-5H2,(H,18,19). The monoisotopic (exact) mass is 297 g/mol. The van der Waals surface area contributed by atoms with E-state index in [0.717, 1.165) is 6.07 Å². The lowest BCUT2D eigenvalue weighted by atomic mass is 10.2. The van der Waals surface area contributed by atoms with Gasteiger partial charge in [-0.1, -0.05) is 6.07 Å². The van der Waals surface area contributed by atoms with Crippen molar-refractivity contribution < 1.29 is 36.6 Å². The van der Waals surface area contributed by atoms with E-state index in [1.54, 1.807) is 0 Å². The third-order valence-electron chi connectivity index (χ3n) is 2.21. The maximum Gasteiger partial charge on any atom is 0.471 e. The summed E-state index contributed by atoms with van der Waals surface area (Å²) in [5, 5.41) is 8.48. The first-order valence-corrected chi connectivity index (χ1v) is 5.13. The molecule has 4 nitrogen and oxygen atoms in total. The Morgan fingerprint density at radius 2 is 1.75 bits per heavy atom. The van der Waals surface area contributed by atoms with Crippen LogP contribution in [-0.4, -0.2) is 34.6 Å². The maximum atomic E-state index is 12.9. The Balaban J connectivity index is 2.97. The van der Waals surface area contributed by atoms with Crippen LogP contribution in [0.25, 0.3) is 0 Å². The number of carbonyl (C=O) groups excluding carboxylic acids is 1. The number of hydrogen-bond acceptors (Lipinski definition) is 2. The molecule has 0 spiro atoms. The molecule has 110 valence electrons. The molecule has 9 heteroatoms. The summed E-state index contributed by atoms with van der Waals surface area (Å²) in [6.07, 6.45) is -5.26. The van der Waals surface area contributed by atoms with Crippen LogP contribution in [0.5, 0.6) is 0 Å². The van der Waals surface area contributed by atoms with Gasteiger partial charge in [-0.25, -0.2) is 8.78 Å². The fraction of sp³-hybridized carbons (Fsp3) is 0.273. The van der Waals surface area contributed by atoms with Crippen LogP contribution >= 0.6 is 0 Å². The fourth-order valence-corrected chi connectivity index (χ4v) is 1.40. The molecular formula is C11H8F5NO3. The van der Waals surface area contributed by atoms with E-state index in [-0.39, 0.29) is 10.5 Å². The van der Waals surface area contributed by atoms with E-state index >= 15 is 0 Å². The molecule has 1 aromatic rings. The first kappa shape index (κ1) is 15.9. The number of carbonyl (C=O) groups is 2. The molecule has 1 rings (SSSR count). The largest absolute Gasteiger partial charge is 0.480 e. The second-order valence-corrected chi connectivity index (χ2v) is 3.80. The van der Waals surface area contributed by atoms with Crippen molar-refractivity contribution in [3.8, 4) is 0 Å². The van der Waals surface area contributed by atoms with E-state index in [9.17, 15) is 31.5 Å². The Hall–Kier alpha value is -2.19. The molecular weight excluding hydrogens is 289 g/mol. The number of rotatable bonds is 4. The number of benzene rings is 1. The van der Waals surface area contributed by atoms with Crippen molar-refractivity contribution in [2.45, 2.75) is 12.7 Å². The summed E-state index contributed by atoms with van der Waals surface area (Å²) in [6.45, 7) is -2.01. The van der Waals surface area contributed by atoms with Gasteiger partial charge in [0.25, 0.3) is 0 Å². The van der Waals surface area contributed by atoms with Crippen molar-refractivity contribution in [2.24, 2.45) is 0 Å². The van der Waals surface area contributed by atoms with Gasteiger partial charge in [0.1, 0.15) is 6.54 Å². The molecule has 0 bridgehead atoms. The fourth-order valence-electron chi connectivity index (χ4n) is 1.40. The molecule has 0 aliphatic heterocycles. The number of alkyl halides is 3. The zero-order valence-electron chi connectivity index (χ0n) is 9.75. The Kier molecular flexibility index (Phi) is 4.64. The summed E-state index contributed by atoms with van der Waals surface area (Å²) in [6, 6.07) is 2.21. The SMILES string of the molecule is O=C(O)CN(Cc1ccc(F)c(F)c1)C(=O)C(F)(F)F. The van der Waals surface area contributed by atoms with Gasteiger partial charge in [-0.15, -0.1) is 0 Å². The zero-order chi connectivity index (χ0) is 15.5. The average molecular weight is 297 g/mol. The van der Waals surface area contributed by atoms with Crippen molar-refractivity contribution in [2.75, 3.05) is 6.54 Å². The minimum absolute atomic E-state index is 0.0188. The summed E-state index contributed by atoms with van der Waals surface area (Å²) >= 11 is 0. The van der Waals surface area contributed by atoms with Crippen molar-refractivity contribution >= 4 is 11.9 Å². The molecule has 0 aromatic heterocycles. The molecule has 0 saturated heterocycles. The van der Waals surface area contributed by atoms with Gasteiger partial charge in [-0.2, -0.15) is 13.2 Å². The molecule has 1 aromatic carbocycles. The topological polar surface area (TPSA) is 57.6 Å². The molecule has 0 unspecified atom stereocenters. The van der Waals surface area contributed by atoms with E-state index in [0.29, 0.717) is 12.1 Å². The molecule has 0 aliphatic rings. The summed E-state index contributed by atoms with van der Waals surface area (Å²) in [5.41, 5.74) is -0.164. The number of amides is 1. The minimum Gasteiger partial charge on any atom is -0.480 e. The Morgan fingerprint density at radius 1 is 1.15 bits per heavy atom. The summed E-state index contributed by atoms with van der Waals surface area (Å²) < 4.78 is 62.4. The summed E-state index contributed by atoms with van der Waals surface area (Å²) in [4.78, 5) is 21.5. The van der Waals surface area contributed by atoms with Gasteiger partial charge in [-0.3, -0.25) is 9.59 Å². The van der Waals surface area contributed by atoms with Crippen LogP contribution in [-0.2, 0) is 16.1 Å². The number of aliphatic carboxylic acids is 1. The molecule has 0 saturated carbocycles. The van der Waals surface area contributed by atoms with E-state index in [1.165, 1.54) is 0 Å². The van der Waals surface area contributed by atoms with Crippen LogP contribution in [0.3, 0.4) is 0 Å². The zero-order valence-corrected chi connectivity index (χ0v) is 9.75. The van der Waals surface area contributed by atoms with Gasteiger partial charge in [0.15, 0.2) is 11.6 Å². The van der Waals surface area contributed by atoms with Crippen LogP contribution in [0.15, 0.2) is 18.2 Å². The normalized spacial score (nSPS) is 11.2. The van der Waals surface area contributed by atoms with E-state index < -0.39 is 42.8 Å². The van der Waals surface area contributed by atoms with Crippen LogP contribution in [0.2, 0.25) is 0 Å². The highest BCUT2D eigenvalue weighted by molar-refractivity contribution is 5.85. The second kappa shape index (κ2) is 5.85. The van der Waals surface area contributed by atoms with Gasteiger partial charge < -0.3 is 10.0 Å². The van der Waals surface area contributed by atoms with Crippen LogP contribution < -0.4 is 0 Å². The van der Waals surface area contributed by atoms with Gasteiger partial charge in [0.2, 0.25) is 0 Å². The molecule has 0 atom stereocenters. The summed E-state index contributed by atoms with van der Waals surface area (Å²) in [5.74, 6) is -6.55. The molecule has 0 heterocycles. The first-order chi connectivity index (χ1) is 9.11. The number of carboxylic acid groups (broad SMARTS) is 1. The average Bonchev–Trinajstić information content (AvgIpc) is 2.30. The third-order valence-corrected chi connectivity index (χ3v) is 2.21. The lowest BCUT2D eigenvalue weighted by molar-refractivity contribution is -0.187. The predicted molar refractivity (Wildman–Crippen MR) is 55.5 cm³/mol. The molecule has 0 fully saturated rings. The van der Waals surface area contributed by atoms with Gasteiger partial charge >= 0.3 is 18.1 Å². The smallest absolute Gasteiger partial charge is 0.471 e. The van der Waals surface area contributed by atoms with Gasteiger partial charge in [0, 0.05) is 6.54 Å². The lowest BCUT2D eigenvalue weighted by Crippen LogP contribution is -2.43. The second-order valence-electron chi connectivity index (χ2n) is 3.80. The van der Waals surface area contributed by atoms with Gasteiger partial charge in [0.05, 0.1) is 0 Å². The van der Waals surface area contributed by atoms with Crippen molar-refractivity contribution in [3.05, 3.63) is 35.4 Å². The maximum absolute atomic E-state index is 12.9. The Labute approximate surface area is 109 Å². The first-order valence-electron chi connectivity index (χ1n) is 5.13. The number of nitrogens with zero attached hydrogens (tertiary/aromatic N) is 1. The number of halogens is 5. The van der Waals surface area contributed by atoms with Gasteiger partial charge in [-0.05, 0) is 17.7 Å². The lowest BCUT2D eigenvalue weighted by Gasteiger charge is -2.21. The molecule has 1 amide bonds. The Morgan fingerprint density at radius 3 is 2.20 bits per heavy atom. The van der Waals surface area contributed by atoms with Crippen LogP contribution in [0.4, 0.5) is 22.0 Å². The summed E-state index contributed by atoms with van der Waals surface area (Å²) in [7, 11) is 0. The molecule has 1 N–H and O–H groups in total. The van der Waals surface area contributed by atoms with Crippen LogP contribution in [0, 0.1) is 11.6 Å². The van der Waals surface area contributed by atoms with E-state index in [2.05, 4.69) is 0 Å². The molecule has 0 aliphatic carbocycles. The van der Waals surface area contributed by atoms with Crippen molar-refractivity contribution in [3.63, 3.8) is 0 Å². The predicted octanol–water partition coefficient (Wildman–Crippen LogP) is 1.94. The molecule has 0 radical (unpaired) electrons. The molecule has 20 heavy (non-hydrogen) atoms. The quantitative estimate of drug-likeness (QED) is 0.864.